The zero-order valence-electron chi connectivity index (χ0n) is 16.0. The van der Waals surface area contributed by atoms with Crippen molar-refractivity contribution >= 4 is 11.9 Å². The van der Waals surface area contributed by atoms with Crippen LogP contribution in [0.3, 0.4) is 0 Å². The quantitative estimate of drug-likeness (QED) is 0.752. The number of nitrogens with one attached hydrogen (secondary N) is 1. The third kappa shape index (κ3) is 4.71. The van der Waals surface area contributed by atoms with E-state index in [4.69, 9.17) is 0 Å². The molecule has 2 rings (SSSR count). The van der Waals surface area contributed by atoms with Crippen LogP contribution in [0.1, 0.15) is 54.1 Å². The number of ether oxygens (including phenoxy) is 1. The molecular weight excluding hydrogens is 375 g/mol. The Hall–Kier alpha value is -2.84. The Morgan fingerprint density at radius 3 is 2.29 bits per heavy atom. The minimum atomic E-state index is -4.82. The summed E-state index contributed by atoms with van der Waals surface area (Å²) in [5.41, 5.74) is -1.52. The summed E-state index contributed by atoms with van der Waals surface area (Å²) in [5.74, 6) is -1.18. The average Bonchev–Trinajstić information content (AvgIpc) is 3.07. The number of nitrogens with zero attached hydrogens (tertiary/aromatic N) is 2. The Morgan fingerprint density at radius 1 is 1.18 bits per heavy atom. The second-order valence-corrected chi connectivity index (χ2v) is 6.59. The first kappa shape index (κ1) is 21.5. The van der Waals surface area contributed by atoms with E-state index in [1.54, 1.807) is 0 Å². The van der Waals surface area contributed by atoms with E-state index in [2.05, 4.69) is 15.2 Å². The minimum Gasteiger partial charge on any atom is -0.462 e. The van der Waals surface area contributed by atoms with Crippen molar-refractivity contribution in [3.63, 3.8) is 0 Å². The molecule has 1 heterocycles. The first-order valence-corrected chi connectivity index (χ1v) is 8.79. The number of benzene rings is 1. The molecule has 9 heteroatoms. The molecule has 1 atom stereocenters. The van der Waals surface area contributed by atoms with Gasteiger partial charge in [-0.15, -0.1) is 0 Å². The van der Waals surface area contributed by atoms with Crippen LogP contribution in [0.15, 0.2) is 30.5 Å². The molecule has 6 nitrogen and oxygen atoms in total. The van der Waals surface area contributed by atoms with Crippen molar-refractivity contribution in [3.8, 4) is 5.69 Å². The lowest BCUT2D eigenvalue weighted by Gasteiger charge is -2.17. The molecule has 1 unspecified atom stereocenters. The van der Waals surface area contributed by atoms with Gasteiger partial charge in [0, 0.05) is 11.6 Å². The third-order valence-electron chi connectivity index (χ3n) is 4.27. The summed E-state index contributed by atoms with van der Waals surface area (Å²) >= 11 is 0. The molecule has 0 fully saturated rings. The van der Waals surface area contributed by atoms with Gasteiger partial charge in [0.1, 0.15) is 5.56 Å². The Morgan fingerprint density at radius 2 is 1.79 bits per heavy atom. The summed E-state index contributed by atoms with van der Waals surface area (Å²) in [7, 11) is 0. The van der Waals surface area contributed by atoms with Crippen molar-refractivity contribution in [3.05, 3.63) is 47.3 Å². The lowest BCUT2D eigenvalue weighted by atomic mass is 10.1. The van der Waals surface area contributed by atoms with Gasteiger partial charge >= 0.3 is 12.1 Å². The van der Waals surface area contributed by atoms with Gasteiger partial charge in [0.25, 0.3) is 5.91 Å². The molecule has 152 valence electrons. The first-order valence-electron chi connectivity index (χ1n) is 8.79. The highest BCUT2D eigenvalue weighted by Gasteiger charge is 2.41. The molecule has 0 radical (unpaired) electrons. The molecule has 28 heavy (non-hydrogen) atoms. The van der Waals surface area contributed by atoms with Crippen LogP contribution in [0.25, 0.3) is 5.69 Å². The summed E-state index contributed by atoms with van der Waals surface area (Å²) in [6.07, 6.45) is -3.99. The number of hydrogen-bond donors (Lipinski definition) is 1. The molecule has 0 saturated heterocycles. The highest BCUT2D eigenvalue weighted by Crippen LogP contribution is 2.34. The summed E-state index contributed by atoms with van der Waals surface area (Å²) < 4.78 is 45.9. The highest BCUT2D eigenvalue weighted by molar-refractivity contribution is 5.94. The van der Waals surface area contributed by atoms with Gasteiger partial charge < -0.3 is 10.1 Å². The smallest absolute Gasteiger partial charge is 0.434 e. The predicted molar refractivity (Wildman–Crippen MR) is 96.3 cm³/mol. The number of alkyl halides is 3. The maximum Gasteiger partial charge on any atom is 0.434 e. The summed E-state index contributed by atoms with van der Waals surface area (Å²) in [5, 5.41) is 6.52. The van der Waals surface area contributed by atoms with Crippen LogP contribution < -0.4 is 5.32 Å². The van der Waals surface area contributed by atoms with Crippen molar-refractivity contribution < 1.29 is 27.5 Å². The SMILES string of the molecule is CCOC(=O)c1cnn(-c2ccc(C(=O)NC(C)C(C)C)cc2)c1C(F)(F)F. The van der Waals surface area contributed by atoms with E-state index in [0.29, 0.717) is 10.2 Å². The van der Waals surface area contributed by atoms with Gasteiger partial charge in [0.15, 0.2) is 5.69 Å². The van der Waals surface area contributed by atoms with Gasteiger partial charge in [-0.3, -0.25) is 4.79 Å². The van der Waals surface area contributed by atoms with Gasteiger partial charge in [-0.05, 0) is 44.0 Å². The number of hydrogen-bond acceptors (Lipinski definition) is 4. The zero-order chi connectivity index (χ0) is 21.1. The fourth-order valence-electron chi connectivity index (χ4n) is 2.39. The number of aromatic nitrogens is 2. The molecule has 0 aliphatic carbocycles. The van der Waals surface area contributed by atoms with E-state index in [-0.39, 0.29) is 30.2 Å². The van der Waals surface area contributed by atoms with Gasteiger partial charge in [-0.1, -0.05) is 13.8 Å². The molecular formula is C19H22F3N3O3. The fraction of sp³-hybridized carbons (Fsp3) is 0.421. The predicted octanol–water partition coefficient (Wildman–Crippen LogP) is 3.84. The van der Waals surface area contributed by atoms with Crippen LogP contribution in [0.2, 0.25) is 0 Å². The lowest BCUT2D eigenvalue weighted by molar-refractivity contribution is -0.143. The van der Waals surface area contributed by atoms with Crippen LogP contribution >= 0.6 is 0 Å². The van der Waals surface area contributed by atoms with Crippen molar-refractivity contribution in [2.24, 2.45) is 5.92 Å². The number of amides is 1. The number of esters is 1. The van der Waals surface area contributed by atoms with Crippen molar-refractivity contribution in [2.45, 2.75) is 39.9 Å². The number of carbonyl (C=O) groups excluding carboxylic acids is 2. The Balaban J connectivity index is 2.36. The van der Waals surface area contributed by atoms with Crippen LogP contribution in [0, 0.1) is 5.92 Å². The maximum atomic E-state index is 13.5. The molecule has 0 bridgehead atoms. The molecule has 1 N–H and O–H groups in total. The lowest BCUT2D eigenvalue weighted by Crippen LogP contribution is -2.36. The number of carbonyl (C=O) groups is 2. The van der Waals surface area contributed by atoms with Crippen LogP contribution in [-0.2, 0) is 10.9 Å². The molecule has 0 aliphatic heterocycles. The van der Waals surface area contributed by atoms with Gasteiger partial charge in [-0.25, -0.2) is 9.48 Å². The summed E-state index contributed by atoms with van der Waals surface area (Å²) in [6, 6.07) is 5.44. The third-order valence-corrected chi connectivity index (χ3v) is 4.27. The molecule has 0 aliphatic rings. The second kappa shape index (κ2) is 8.45. The standard InChI is InChI=1S/C19H22F3N3O3/c1-5-28-18(27)15-10-23-25(16(15)19(20,21)22)14-8-6-13(7-9-14)17(26)24-12(4)11(2)3/h6-12H,5H2,1-4H3,(H,24,26). The van der Waals surface area contributed by atoms with E-state index in [9.17, 15) is 22.8 Å². The molecule has 2 aromatic rings. The largest absolute Gasteiger partial charge is 0.462 e. The first-order chi connectivity index (χ1) is 13.1. The summed E-state index contributed by atoms with van der Waals surface area (Å²) in [6.45, 7) is 7.24. The van der Waals surface area contributed by atoms with Crippen LogP contribution in [0.4, 0.5) is 13.2 Å². The molecule has 0 spiro atoms. The number of rotatable bonds is 6. The maximum absolute atomic E-state index is 13.5. The monoisotopic (exact) mass is 397 g/mol. The van der Waals surface area contributed by atoms with Crippen LogP contribution in [0.5, 0.6) is 0 Å². The van der Waals surface area contributed by atoms with E-state index in [1.807, 2.05) is 20.8 Å². The van der Waals surface area contributed by atoms with E-state index >= 15 is 0 Å². The highest BCUT2D eigenvalue weighted by atomic mass is 19.4. The second-order valence-electron chi connectivity index (χ2n) is 6.59. The van der Waals surface area contributed by atoms with E-state index < -0.39 is 23.4 Å². The molecule has 1 aromatic carbocycles. The van der Waals surface area contributed by atoms with Gasteiger partial charge in [-0.2, -0.15) is 18.3 Å². The zero-order valence-corrected chi connectivity index (χ0v) is 16.0. The minimum absolute atomic E-state index is 0.0535. The topological polar surface area (TPSA) is 73.2 Å². The molecule has 0 saturated carbocycles. The fourth-order valence-corrected chi connectivity index (χ4v) is 2.39. The molecule has 1 amide bonds. The number of halogens is 3. The van der Waals surface area contributed by atoms with Gasteiger partial charge in [0.2, 0.25) is 0 Å². The average molecular weight is 397 g/mol. The normalized spacial score (nSPS) is 12.7. The van der Waals surface area contributed by atoms with E-state index in [0.717, 1.165) is 6.20 Å². The van der Waals surface area contributed by atoms with Crippen molar-refractivity contribution in [2.75, 3.05) is 6.61 Å². The van der Waals surface area contributed by atoms with Crippen LogP contribution in [-0.4, -0.2) is 34.3 Å². The Kier molecular flexibility index (Phi) is 6.48. The molecule has 1 aromatic heterocycles. The van der Waals surface area contributed by atoms with Crippen molar-refractivity contribution in [1.82, 2.24) is 15.1 Å². The van der Waals surface area contributed by atoms with E-state index in [1.165, 1.54) is 31.2 Å². The van der Waals surface area contributed by atoms with Gasteiger partial charge in [0.05, 0.1) is 18.5 Å². The van der Waals surface area contributed by atoms with Crippen molar-refractivity contribution in [1.29, 1.82) is 0 Å². The summed E-state index contributed by atoms with van der Waals surface area (Å²) in [4.78, 5) is 24.1. The Bertz CT molecular complexity index is 842. The Labute approximate surface area is 160 Å².